The molecule has 1 amide bonds. The van der Waals surface area contributed by atoms with Crippen LogP contribution in [0.5, 0.6) is 0 Å². The monoisotopic (exact) mass is 222 g/mol. The Hall–Kier alpha value is -1.58. The number of amides is 1. The molecule has 0 radical (unpaired) electrons. The van der Waals surface area contributed by atoms with E-state index in [9.17, 15) is 9.18 Å². The lowest BCUT2D eigenvalue weighted by Gasteiger charge is -2.40. The van der Waals surface area contributed by atoms with Crippen LogP contribution in [0.2, 0.25) is 0 Å². The molecular formula is C12H15FN2O. The van der Waals surface area contributed by atoms with Crippen molar-refractivity contribution in [1.29, 1.82) is 0 Å². The van der Waals surface area contributed by atoms with Gasteiger partial charge in [-0.3, -0.25) is 4.79 Å². The molecule has 0 aromatic heterocycles. The second-order valence-corrected chi connectivity index (χ2v) is 4.75. The molecule has 0 aliphatic carbocycles. The van der Waals surface area contributed by atoms with Crippen LogP contribution < -0.4 is 10.2 Å². The molecule has 1 aliphatic rings. The molecule has 0 atom stereocenters. The first-order chi connectivity index (χ1) is 7.41. The first-order valence-corrected chi connectivity index (χ1v) is 5.25. The molecule has 0 unspecified atom stereocenters. The summed E-state index contributed by atoms with van der Waals surface area (Å²) in [5.74, 6) is -0.391. The Kier molecular flexibility index (Phi) is 2.37. The topological polar surface area (TPSA) is 32.3 Å². The maximum Gasteiger partial charge on any atom is 0.224 e. The number of fused-ring (bicyclic) bond motifs is 1. The van der Waals surface area contributed by atoms with Crippen molar-refractivity contribution in [2.24, 2.45) is 0 Å². The molecule has 1 aliphatic heterocycles. The second-order valence-electron chi connectivity index (χ2n) is 4.75. The molecule has 1 aromatic rings. The third kappa shape index (κ3) is 1.75. The predicted molar refractivity (Wildman–Crippen MR) is 62.1 cm³/mol. The van der Waals surface area contributed by atoms with Gasteiger partial charge in [0.25, 0.3) is 0 Å². The lowest BCUT2D eigenvalue weighted by Crippen LogP contribution is -2.50. The van der Waals surface area contributed by atoms with Gasteiger partial charge in [-0.2, -0.15) is 0 Å². The van der Waals surface area contributed by atoms with Gasteiger partial charge in [0.2, 0.25) is 5.91 Å². The Morgan fingerprint density at radius 2 is 2.19 bits per heavy atom. The van der Waals surface area contributed by atoms with Gasteiger partial charge in [-0.15, -0.1) is 0 Å². The molecule has 16 heavy (non-hydrogen) atoms. The minimum atomic E-state index is -0.323. The van der Waals surface area contributed by atoms with Crippen molar-refractivity contribution in [2.45, 2.75) is 26.3 Å². The third-order valence-corrected chi connectivity index (χ3v) is 2.68. The summed E-state index contributed by atoms with van der Waals surface area (Å²) in [7, 11) is 0. The predicted octanol–water partition coefficient (Wildman–Crippen LogP) is 2.38. The fourth-order valence-electron chi connectivity index (χ4n) is 2.00. The van der Waals surface area contributed by atoms with Crippen LogP contribution >= 0.6 is 0 Å². The van der Waals surface area contributed by atoms with E-state index in [1.165, 1.54) is 13.0 Å². The number of nitrogens with zero attached hydrogens (tertiary/aromatic N) is 1. The highest BCUT2D eigenvalue weighted by molar-refractivity contribution is 5.96. The average molecular weight is 222 g/mol. The minimum absolute atomic E-state index is 0.0681. The quantitative estimate of drug-likeness (QED) is 0.731. The van der Waals surface area contributed by atoms with E-state index >= 15 is 0 Å². The van der Waals surface area contributed by atoms with Gasteiger partial charge in [0.15, 0.2) is 0 Å². The molecule has 0 saturated heterocycles. The molecule has 0 saturated carbocycles. The molecule has 0 fully saturated rings. The van der Waals surface area contributed by atoms with Crippen molar-refractivity contribution in [2.75, 3.05) is 16.8 Å². The van der Waals surface area contributed by atoms with E-state index < -0.39 is 0 Å². The van der Waals surface area contributed by atoms with E-state index in [1.54, 1.807) is 17.0 Å². The number of rotatable bonds is 0. The van der Waals surface area contributed by atoms with Gasteiger partial charge >= 0.3 is 0 Å². The lowest BCUT2D eigenvalue weighted by atomic mass is 9.99. The zero-order valence-electron chi connectivity index (χ0n) is 9.67. The smallest absolute Gasteiger partial charge is 0.224 e. The van der Waals surface area contributed by atoms with Gasteiger partial charge in [-0.1, -0.05) is 6.07 Å². The summed E-state index contributed by atoms with van der Waals surface area (Å²) in [4.78, 5) is 13.1. The van der Waals surface area contributed by atoms with Crippen molar-refractivity contribution in [3.05, 3.63) is 24.0 Å². The molecule has 1 aromatic carbocycles. The van der Waals surface area contributed by atoms with Gasteiger partial charge < -0.3 is 10.2 Å². The van der Waals surface area contributed by atoms with Gasteiger partial charge in [0.05, 0.1) is 11.4 Å². The highest BCUT2D eigenvalue weighted by atomic mass is 19.1. The van der Waals surface area contributed by atoms with Crippen LogP contribution in [0, 0.1) is 5.82 Å². The van der Waals surface area contributed by atoms with Crippen LogP contribution in [0.4, 0.5) is 15.8 Å². The minimum Gasteiger partial charge on any atom is -0.374 e. The van der Waals surface area contributed by atoms with E-state index in [4.69, 9.17) is 0 Å². The number of benzene rings is 1. The summed E-state index contributed by atoms with van der Waals surface area (Å²) in [6, 6.07) is 4.76. The lowest BCUT2D eigenvalue weighted by molar-refractivity contribution is -0.116. The van der Waals surface area contributed by atoms with Crippen LogP contribution in [-0.4, -0.2) is 18.0 Å². The maximum absolute atomic E-state index is 13.7. The number of halogens is 1. The number of hydrogen-bond acceptors (Lipinski definition) is 2. The summed E-state index contributed by atoms with van der Waals surface area (Å²) < 4.78 is 13.7. The summed E-state index contributed by atoms with van der Waals surface area (Å²) >= 11 is 0. The number of carbonyl (C=O) groups excluding carboxylic acids is 1. The number of para-hydroxylation sites is 1. The molecule has 0 spiro atoms. The van der Waals surface area contributed by atoms with Crippen LogP contribution in [0.15, 0.2) is 18.2 Å². The average Bonchev–Trinajstić information content (AvgIpc) is 2.17. The summed E-state index contributed by atoms with van der Waals surface area (Å²) in [6.45, 7) is 5.92. The number of nitrogens with one attached hydrogen (secondary N) is 1. The Labute approximate surface area is 94.3 Å². The third-order valence-electron chi connectivity index (χ3n) is 2.68. The number of hydrogen-bond donors (Lipinski definition) is 1. The van der Waals surface area contributed by atoms with Crippen molar-refractivity contribution in [3.8, 4) is 0 Å². The summed E-state index contributed by atoms with van der Waals surface area (Å²) in [5.41, 5.74) is 0.710. The Bertz CT molecular complexity index is 443. The van der Waals surface area contributed by atoms with Crippen molar-refractivity contribution < 1.29 is 9.18 Å². The Morgan fingerprint density at radius 3 is 2.81 bits per heavy atom. The van der Waals surface area contributed by atoms with Crippen LogP contribution in [0.3, 0.4) is 0 Å². The Balaban J connectivity index is 2.55. The number of anilines is 2. The number of carbonyl (C=O) groups is 1. The fourth-order valence-corrected chi connectivity index (χ4v) is 2.00. The molecule has 4 heteroatoms. The molecule has 1 heterocycles. The second kappa shape index (κ2) is 3.47. The van der Waals surface area contributed by atoms with Gasteiger partial charge in [0.1, 0.15) is 5.82 Å². The molecule has 0 bridgehead atoms. The molecule has 86 valence electrons. The molecular weight excluding hydrogens is 207 g/mol. The first-order valence-electron chi connectivity index (χ1n) is 5.25. The van der Waals surface area contributed by atoms with E-state index in [2.05, 4.69) is 5.32 Å². The largest absolute Gasteiger partial charge is 0.374 e. The molecule has 2 rings (SSSR count). The van der Waals surface area contributed by atoms with Gasteiger partial charge in [-0.25, -0.2) is 4.39 Å². The molecule has 1 N–H and O–H groups in total. The van der Waals surface area contributed by atoms with Gasteiger partial charge in [-0.05, 0) is 26.0 Å². The Morgan fingerprint density at radius 1 is 1.50 bits per heavy atom. The van der Waals surface area contributed by atoms with E-state index in [0.29, 0.717) is 17.9 Å². The van der Waals surface area contributed by atoms with Crippen LogP contribution in [0.1, 0.15) is 20.8 Å². The molecule has 3 nitrogen and oxygen atoms in total. The maximum atomic E-state index is 13.7. The van der Waals surface area contributed by atoms with Crippen molar-refractivity contribution in [1.82, 2.24) is 0 Å². The highest BCUT2D eigenvalue weighted by Gasteiger charge is 2.32. The van der Waals surface area contributed by atoms with Gasteiger partial charge in [0, 0.05) is 19.0 Å². The summed E-state index contributed by atoms with van der Waals surface area (Å²) in [5, 5.41) is 3.12. The zero-order valence-corrected chi connectivity index (χ0v) is 9.67. The van der Waals surface area contributed by atoms with Crippen molar-refractivity contribution >= 4 is 17.3 Å². The normalized spacial score (nSPS) is 17.6. The van der Waals surface area contributed by atoms with Crippen LogP contribution in [0.25, 0.3) is 0 Å². The standard InChI is InChI=1S/C12H15FN2O/c1-8(16)15-7-12(2,3)14-11-9(13)5-4-6-10(11)15/h4-6,14H,7H2,1-3H3. The zero-order chi connectivity index (χ0) is 11.9. The van der Waals surface area contributed by atoms with Crippen molar-refractivity contribution in [3.63, 3.8) is 0 Å². The van der Waals surface area contributed by atoms with E-state index in [-0.39, 0.29) is 17.3 Å². The van der Waals surface area contributed by atoms with E-state index in [0.717, 1.165) is 0 Å². The van der Waals surface area contributed by atoms with Crippen LogP contribution in [-0.2, 0) is 4.79 Å². The fraction of sp³-hybridized carbons (Fsp3) is 0.417. The SMILES string of the molecule is CC(=O)N1CC(C)(C)Nc2c(F)cccc21. The summed E-state index contributed by atoms with van der Waals surface area (Å²) in [6.07, 6.45) is 0. The first kappa shape index (κ1) is 10.9. The van der Waals surface area contributed by atoms with E-state index in [1.807, 2.05) is 13.8 Å². The highest BCUT2D eigenvalue weighted by Crippen LogP contribution is 2.36.